The van der Waals surface area contributed by atoms with Crippen LogP contribution in [0.2, 0.25) is 0 Å². The van der Waals surface area contributed by atoms with Crippen LogP contribution in [0.25, 0.3) is 0 Å². The Labute approximate surface area is 109 Å². The van der Waals surface area contributed by atoms with E-state index in [1.807, 2.05) is 18.2 Å². The van der Waals surface area contributed by atoms with Gasteiger partial charge in [0.1, 0.15) is 0 Å². The van der Waals surface area contributed by atoms with Crippen molar-refractivity contribution < 1.29 is 4.79 Å². The maximum atomic E-state index is 11.9. The van der Waals surface area contributed by atoms with Crippen molar-refractivity contribution in [1.29, 1.82) is 0 Å². The van der Waals surface area contributed by atoms with Crippen molar-refractivity contribution in [1.82, 2.24) is 10.6 Å². The molecule has 1 fully saturated rings. The molecule has 0 unspecified atom stereocenters. The minimum atomic E-state index is -0.0322. The van der Waals surface area contributed by atoms with Crippen molar-refractivity contribution in [3.63, 3.8) is 0 Å². The summed E-state index contributed by atoms with van der Waals surface area (Å²) in [7, 11) is 0. The zero-order valence-corrected chi connectivity index (χ0v) is 11.2. The van der Waals surface area contributed by atoms with E-state index in [1.54, 1.807) is 0 Å². The summed E-state index contributed by atoms with van der Waals surface area (Å²) < 4.78 is 0. The molecule has 1 aromatic carbocycles. The number of nitrogens with one attached hydrogen (secondary N) is 2. The first kappa shape index (κ1) is 13.1. The Balaban J connectivity index is 1.90. The summed E-state index contributed by atoms with van der Waals surface area (Å²) in [4.78, 5) is 11.9. The molecular weight excluding hydrogens is 224 g/mol. The molecule has 0 aromatic heterocycles. The van der Waals surface area contributed by atoms with Crippen molar-refractivity contribution in [3.8, 4) is 0 Å². The monoisotopic (exact) mass is 246 g/mol. The summed E-state index contributed by atoms with van der Waals surface area (Å²) in [5.41, 5.74) is 1.22. The first-order valence-corrected chi connectivity index (χ1v) is 6.66. The van der Waals surface area contributed by atoms with E-state index < -0.39 is 0 Å². The second-order valence-electron chi connectivity index (χ2n) is 5.62. The lowest BCUT2D eigenvalue weighted by Gasteiger charge is -2.26. The largest absolute Gasteiger partial charge is 0.354 e. The van der Waals surface area contributed by atoms with Gasteiger partial charge in [-0.3, -0.25) is 4.79 Å². The van der Waals surface area contributed by atoms with Crippen molar-refractivity contribution in [3.05, 3.63) is 35.9 Å². The predicted octanol–water partition coefficient (Wildman–Crippen LogP) is 1.83. The lowest BCUT2D eigenvalue weighted by atomic mass is 9.84. The maximum Gasteiger partial charge on any atom is 0.237 e. The molecule has 3 heteroatoms. The van der Waals surface area contributed by atoms with Crippen LogP contribution in [0, 0.1) is 0 Å². The summed E-state index contributed by atoms with van der Waals surface area (Å²) in [6, 6.07) is 10.3. The molecule has 1 heterocycles. The highest BCUT2D eigenvalue weighted by Gasteiger charge is 2.25. The summed E-state index contributed by atoms with van der Waals surface area (Å²) in [6.07, 6.45) is 2.05. The minimum Gasteiger partial charge on any atom is -0.354 e. The van der Waals surface area contributed by atoms with Gasteiger partial charge in [-0.15, -0.1) is 0 Å². The van der Waals surface area contributed by atoms with E-state index in [1.165, 1.54) is 5.56 Å². The molecule has 2 rings (SSSR count). The zero-order valence-electron chi connectivity index (χ0n) is 11.2. The van der Waals surface area contributed by atoms with Crippen LogP contribution >= 0.6 is 0 Å². The third-order valence-corrected chi connectivity index (χ3v) is 3.64. The number of amides is 1. The van der Waals surface area contributed by atoms with Gasteiger partial charge >= 0.3 is 0 Å². The van der Waals surface area contributed by atoms with E-state index in [4.69, 9.17) is 0 Å². The molecule has 3 nitrogen and oxygen atoms in total. The molecule has 1 saturated heterocycles. The SMILES string of the molecule is CC(C)(CNC(=O)[C@@H]1CCCN1)c1ccccc1. The average Bonchev–Trinajstić information content (AvgIpc) is 2.91. The summed E-state index contributed by atoms with van der Waals surface area (Å²) in [5.74, 6) is 0.136. The summed E-state index contributed by atoms with van der Waals surface area (Å²) >= 11 is 0. The standard InChI is InChI=1S/C15H22N2O/c1-15(2,12-7-4-3-5-8-12)11-17-14(18)13-9-6-10-16-13/h3-5,7-8,13,16H,6,9-11H2,1-2H3,(H,17,18)/t13-/m0/s1. The van der Waals surface area contributed by atoms with Crippen LogP contribution in [-0.4, -0.2) is 25.0 Å². The summed E-state index contributed by atoms with van der Waals surface area (Å²) in [6.45, 7) is 5.95. The van der Waals surface area contributed by atoms with Crippen LogP contribution < -0.4 is 10.6 Å². The van der Waals surface area contributed by atoms with Gasteiger partial charge in [-0.25, -0.2) is 0 Å². The van der Waals surface area contributed by atoms with Crippen molar-refractivity contribution >= 4 is 5.91 Å². The van der Waals surface area contributed by atoms with Crippen LogP contribution in [-0.2, 0) is 10.2 Å². The van der Waals surface area contributed by atoms with Gasteiger partial charge < -0.3 is 10.6 Å². The number of hydrogen-bond acceptors (Lipinski definition) is 2. The molecule has 0 radical (unpaired) electrons. The average molecular weight is 246 g/mol. The number of rotatable bonds is 4. The first-order chi connectivity index (χ1) is 8.59. The molecule has 1 atom stereocenters. The van der Waals surface area contributed by atoms with Crippen LogP contribution in [0.1, 0.15) is 32.3 Å². The van der Waals surface area contributed by atoms with E-state index >= 15 is 0 Å². The molecule has 0 saturated carbocycles. The van der Waals surface area contributed by atoms with Crippen LogP contribution in [0.4, 0.5) is 0 Å². The molecule has 0 aliphatic carbocycles. The fourth-order valence-electron chi connectivity index (χ4n) is 2.33. The molecule has 1 amide bonds. The van der Waals surface area contributed by atoms with Crippen molar-refractivity contribution in [2.75, 3.05) is 13.1 Å². The third-order valence-electron chi connectivity index (χ3n) is 3.64. The molecule has 1 aliphatic heterocycles. The van der Waals surface area contributed by atoms with Gasteiger partial charge in [-0.2, -0.15) is 0 Å². The maximum absolute atomic E-state index is 11.9. The van der Waals surface area contributed by atoms with Gasteiger partial charge in [0.15, 0.2) is 0 Å². The quantitative estimate of drug-likeness (QED) is 0.851. The van der Waals surface area contributed by atoms with Crippen molar-refractivity contribution in [2.24, 2.45) is 0 Å². The highest BCUT2D eigenvalue weighted by Crippen LogP contribution is 2.21. The normalized spacial score (nSPS) is 19.8. The van der Waals surface area contributed by atoms with Crippen LogP contribution in [0.15, 0.2) is 30.3 Å². The van der Waals surface area contributed by atoms with Crippen LogP contribution in [0.5, 0.6) is 0 Å². The van der Waals surface area contributed by atoms with Crippen LogP contribution in [0.3, 0.4) is 0 Å². The molecular formula is C15H22N2O. The van der Waals surface area contributed by atoms with E-state index in [0.717, 1.165) is 19.4 Å². The smallest absolute Gasteiger partial charge is 0.237 e. The Morgan fingerprint density at radius 2 is 2.11 bits per heavy atom. The Kier molecular flexibility index (Phi) is 4.02. The van der Waals surface area contributed by atoms with Crippen molar-refractivity contribution in [2.45, 2.75) is 38.1 Å². The highest BCUT2D eigenvalue weighted by molar-refractivity contribution is 5.82. The van der Waals surface area contributed by atoms with E-state index in [-0.39, 0.29) is 17.4 Å². The molecule has 18 heavy (non-hydrogen) atoms. The second-order valence-corrected chi connectivity index (χ2v) is 5.62. The third kappa shape index (κ3) is 3.10. The number of carbonyl (C=O) groups excluding carboxylic acids is 1. The minimum absolute atomic E-state index is 0.0107. The Bertz CT molecular complexity index is 394. The predicted molar refractivity (Wildman–Crippen MR) is 73.5 cm³/mol. The van der Waals surface area contributed by atoms with Gasteiger partial charge in [0.2, 0.25) is 5.91 Å². The molecule has 0 bridgehead atoms. The molecule has 1 aliphatic rings. The Morgan fingerprint density at radius 1 is 1.39 bits per heavy atom. The highest BCUT2D eigenvalue weighted by atomic mass is 16.2. The molecule has 0 spiro atoms. The van der Waals surface area contributed by atoms with Gasteiger partial charge in [0.05, 0.1) is 6.04 Å². The van der Waals surface area contributed by atoms with Gasteiger partial charge in [0, 0.05) is 12.0 Å². The van der Waals surface area contributed by atoms with E-state index in [2.05, 4.69) is 36.6 Å². The Hall–Kier alpha value is -1.35. The topological polar surface area (TPSA) is 41.1 Å². The summed E-state index contributed by atoms with van der Waals surface area (Å²) in [5, 5.41) is 6.28. The Morgan fingerprint density at radius 3 is 2.72 bits per heavy atom. The van der Waals surface area contributed by atoms with Gasteiger partial charge in [0.25, 0.3) is 0 Å². The van der Waals surface area contributed by atoms with E-state index in [0.29, 0.717) is 6.54 Å². The fourth-order valence-corrected chi connectivity index (χ4v) is 2.33. The zero-order chi connectivity index (χ0) is 13.0. The second kappa shape index (κ2) is 5.53. The lowest BCUT2D eigenvalue weighted by Crippen LogP contribution is -2.45. The first-order valence-electron chi connectivity index (χ1n) is 6.66. The van der Waals surface area contributed by atoms with Gasteiger partial charge in [-0.1, -0.05) is 44.2 Å². The molecule has 98 valence electrons. The number of hydrogen-bond donors (Lipinski definition) is 2. The molecule has 2 N–H and O–H groups in total. The lowest BCUT2D eigenvalue weighted by molar-refractivity contribution is -0.123. The number of benzene rings is 1. The number of carbonyl (C=O) groups is 1. The van der Waals surface area contributed by atoms with Gasteiger partial charge in [-0.05, 0) is 24.9 Å². The fraction of sp³-hybridized carbons (Fsp3) is 0.533. The van der Waals surface area contributed by atoms with E-state index in [9.17, 15) is 4.79 Å². The molecule has 1 aromatic rings.